The maximum Gasteiger partial charge on any atom is 0.411 e. The third-order valence-electron chi connectivity index (χ3n) is 20.9. The zero-order valence-corrected chi connectivity index (χ0v) is 84.1. The lowest BCUT2D eigenvalue weighted by Gasteiger charge is -2.16. The molecule has 6 amide bonds. The molecule has 0 aliphatic heterocycles. The fraction of sp³-hybridized carbons (Fsp3) is 0.264. The topological polar surface area (TPSA) is 315 Å². The molecule has 0 spiro atoms. The van der Waals surface area contributed by atoms with Gasteiger partial charge < -0.3 is 66.7 Å². The van der Waals surface area contributed by atoms with E-state index in [4.69, 9.17) is 108 Å². The van der Waals surface area contributed by atoms with E-state index in [-0.39, 0.29) is 19.8 Å². The standard InChI is InChI=1S/C19H20ClNO3.C18H20ClNO4.C18H20ClNO3.C17H18ClNO4.2C17H18ClNO3/c1-12-6-9-18(16(20)10-12)24-11-15-14(13-7-8-13)4-3-5-17(15)21-19(22)23-2;1-4-23-16-7-5-6-15(20-18(21)22-3)13(16)11-24-17-9-8-12(2)10-14(17)19;1-4-13-6-5-7-16(20-18(21)22-3)14(13)11-23-17-9-8-12(2)10-15(17)19;1-11-6-7-16(14(18)8-11)23-10-13-12(9-20)4-3-5-15(13)19-17(21)22-2;2*1-11-7-8-16(14(18)9-11)22-10-13-12(2)5-4-6-15(13)19-17(20)21-3/h3-6,9-10,13H,7-8,11H2,1-2H3,(H,21,22);5-10H,4,11H2,1-3H3,(H,20,21);5-10H,4,11H2,1-3H3,(H,20,21);3-8,20H,9-10H2,1-2H3,(H,19,21);2*4-9H,10H2,1-3H3,(H,19,20). The SMILES string of the molecule is CCOc1cccc(NC(=O)OC)c1COc1ccc(C)cc1Cl.CCc1cccc(NC(=O)OC)c1COc1ccc(C)cc1Cl.COC(=O)Nc1cccc(C)c1COc1ccc(C)cc1Cl.COC(=O)Nc1cccc(C)c1COc1ccc(C)cc1Cl.COC(=O)Nc1cccc(C2CC2)c1COc1ccc(C)cc1Cl.COC(=O)Nc1cccc(CO)c1COc1ccc(C)cc1Cl. The number of aliphatic hydroxyl groups is 1. The van der Waals surface area contributed by atoms with Gasteiger partial charge in [0.2, 0.25) is 0 Å². The van der Waals surface area contributed by atoms with Crippen LogP contribution in [0.2, 0.25) is 30.1 Å². The average molecular weight is 2000 g/mol. The van der Waals surface area contributed by atoms with Crippen LogP contribution in [0.1, 0.15) is 127 Å². The second-order valence-electron chi connectivity index (χ2n) is 31.0. The van der Waals surface area contributed by atoms with E-state index in [1.54, 1.807) is 48.5 Å². The van der Waals surface area contributed by atoms with Crippen LogP contribution in [0, 0.1) is 55.4 Å². The van der Waals surface area contributed by atoms with E-state index in [0.717, 1.165) is 84.4 Å². The van der Waals surface area contributed by atoms with Gasteiger partial charge in [-0.1, -0.05) is 180 Å². The Morgan fingerprint density at radius 1 is 0.283 bits per heavy atom. The van der Waals surface area contributed by atoms with Crippen LogP contribution in [0.15, 0.2) is 218 Å². The van der Waals surface area contributed by atoms with Crippen molar-refractivity contribution in [2.24, 2.45) is 0 Å². The van der Waals surface area contributed by atoms with E-state index >= 15 is 0 Å². The number of ether oxygens (including phenoxy) is 13. The minimum atomic E-state index is -0.588. The van der Waals surface area contributed by atoms with Crippen molar-refractivity contribution in [1.29, 1.82) is 0 Å². The predicted molar refractivity (Wildman–Crippen MR) is 546 cm³/mol. The molecule has 12 aromatic carbocycles. The number of aliphatic hydroxyl groups excluding tert-OH is 1. The molecule has 0 aromatic heterocycles. The maximum absolute atomic E-state index is 11.6. The lowest BCUT2D eigenvalue weighted by atomic mass is 10.0. The van der Waals surface area contributed by atoms with E-state index in [1.165, 1.54) is 61.1 Å². The number of halogens is 6. The van der Waals surface area contributed by atoms with Gasteiger partial charge >= 0.3 is 36.6 Å². The van der Waals surface area contributed by atoms with E-state index < -0.39 is 36.6 Å². The third-order valence-corrected chi connectivity index (χ3v) is 22.6. The van der Waals surface area contributed by atoms with Gasteiger partial charge in [-0.2, -0.15) is 0 Å². The first-order chi connectivity index (χ1) is 66.2. The Bertz CT molecular complexity index is 5900. The zero-order chi connectivity index (χ0) is 100. The Balaban J connectivity index is 0.000000203. The third kappa shape index (κ3) is 34.7. The first-order valence-electron chi connectivity index (χ1n) is 43.5. The van der Waals surface area contributed by atoms with Crippen molar-refractivity contribution in [3.8, 4) is 40.2 Å². The largest absolute Gasteiger partial charge is 0.493 e. The maximum atomic E-state index is 11.6. The van der Waals surface area contributed by atoms with Crippen molar-refractivity contribution in [3.63, 3.8) is 0 Å². The van der Waals surface area contributed by atoms with Crippen LogP contribution < -0.4 is 65.1 Å². The molecule has 0 heterocycles. The molecular weight excluding hydrogens is 1890 g/mol. The van der Waals surface area contributed by atoms with Crippen LogP contribution in [-0.4, -0.2) is 90.9 Å². The fourth-order valence-corrected chi connectivity index (χ4v) is 15.1. The highest BCUT2D eigenvalue weighted by molar-refractivity contribution is 6.34. The summed E-state index contributed by atoms with van der Waals surface area (Å²) in [5, 5.41) is 29.0. The molecule has 7 N–H and O–H groups in total. The molecular formula is C106H114Cl6N6O20. The second kappa shape index (κ2) is 56.3. The Kier molecular flexibility index (Phi) is 44.8. The summed E-state index contributed by atoms with van der Waals surface area (Å²) in [7, 11) is 7.93. The highest BCUT2D eigenvalue weighted by Gasteiger charge is 2.29. The van der Waals surface area contributed by atoms with Crippen LogP contribution in [0.25, 0.3) is 0 Å². The monoisotopic (exact) mass is 2000 g/mol. The number of benzene rings is 12. The van der Waals surface area contributed by atoms with Crippen molar-refractivity contribution in [1.82, 2.24) is 0 Å². The van der Waals surface area contributed by atoms with Crippen molar-refractivity contribution in [2.75, 3.05) is 81.2 Å². The van der Waals surface area contributed by atoms with Gasteiger partial charge in [0.05, 0.1) is 126 Å². The number of carbonyl (C=O) groups excluding carboxylic acids is 6. The van der Waals surface area contributed by atoms with Gasteiger partial charge in [0.15, 0.2) is 0 Å². The molecule has 1 fully saturated rings. The molecule has 32 heteroatoms. The molecule has 138 heavy (non-hydrogen) atoms. The fourth-order valence-electron chi connectivity index (χ4n) is 13.3. The summed E-state index contributed by atoms with van der Waals surface area (Å²) in [6, 6.07) is 67.1. The molecule has 13 rings (SSSR count). The molecule has 0 unspecified atom stereocenters. The Morgan fingerprint density at radius 3 is 0.797 bits per heavy atom. The number of carbonyl (C=O) groups is 6. The summed E-state index contributed by atoms with van der Waals surface area (Å²) >= 11 is 37.1. The number of hydrogen-bond donors (Lipinski definition) is 7. The van der Waals surface area contributed by atoms with Crippen LogP contribution in [0.4, 0.5) is 62.9 Å². The Labute approximate surface area is 835 Å². The number of anilines is 6. The van der Waals surface area contributed by atoms with Crippen molar-refractivity contribution in [3.05, 3.63) is 343 Å². The van der Waals surface area contributed by atoms with Gasteiger partial charge in [0.1, 0.15) is 79.9 Å². The summed E-state index contributed by atoms with van der Waals surface area (Å²) in [4.78, 5) is 68.9. The number of amides is 6. The van der Waals surface area contributed by atoms with Gasteiger partial charge in [-0.25, -0.2) is 28.8 Å². The van der Waals surface area contributed by atoms with Gasteiger partial charge in [-0.15, -0.1) is 0 Å². The van der Waals surface area contributed by atoms with Crippen molar-refractivity contribution >= 4 is 140 Å². The van der Waals surface area contributed by atoms with Crippen LogP contribution in [-0.2, 0) is 81.1 Å². The van der Waals surface area contributed by atoms with E-state index in [2.05, 4.69) is 68.6 Å². The molecule has 1 saturated carbocycles. The zero-order valence-electron chi connectivity index (χ0n) is 79.6. The Hall–Kier alpha value is -13.4. The van der Waals surface area contributed by atoms with Crippen LogP contribution in [0.3, 0.4) is 0 Å². The molecule has 12 aromatic rings. The molecule has 730 valence electrons. The minimum Gasteiger partial charge on any atom is -0.493 e. The molecule has 1 aliphatic carbocycles. The summed E-state index contributed by atoms with van der Waals surface area (Å²) in [5.74, 6) is 4.75. The highest BCUT2D eigenvalue weighted by Crippen LogP contribution is 2.45. The lowest BCUT2D eigenvalue weighted by Crippen LogP contribution is -2.14. The minimum absolute atomic E-state index is 0.152. The van der Waals surface area contributed by atoms with Crippen LogP contribution in [0.5, 0.6) is 40.2 Å². The number of nitrogens with one attached hydrogen (secondary N) is 6. The van der Waals surface area contributed by atoms with Crippen LogP contribution >= 0.6 is 69.6 Å². The molecule has 26 nitrogen and oxygen atoms in total. The molecule has 0 saturated heterocycles. The Morgan fingerprint density at radius 2 is 0.522 bits per heavy atom. The van der Waals surface area contributed by atoms with E-state index in [0.29, 0.717) is 154 Å². The highest BCUT2D eigenvalue weighted by atomic mass is 35.5. The van der Waals surface area contributed by atoms with E-state index in [1.807, 2.05) is 226 Å². The second-order valence-corrected chi connectivity index (χ2v) is 33.4. The van der Waals surface area contributed by atoms with Gasteiger partial charge in [0, 0.05) is 27.8 Å². The number of hydrogen-bond acceptors (Lipinski definition) is 20. The molecule has 0 radical (unpaired) electrons. The van der Waals surface area contributed by atoms with Gasteiger partial charge in [-0.3, -0.25) is 31.9 Å². The molecule has 0 bridgehead atoms. The number of rotatable bonds is 29. The predicted octanol–water partition coefficient (Wildman–Crippen LogP) is 28.4. The van der Waals surface area contributed by atoms with Gasteiger partial charge in [0.25, 0.3) is 0 Å². The number of aryl methyl sites for hydroxylation is 9. The van der Waals surface area contributed by atoms with E-state index in [9.17, 15) is 33.9 Å². The first-order valence-corrected chi connectivity index (χ1v) is 45.8. The normalized spacial score (nSPS) is 10.8. The molecule has 0 atom stereocenters. The summed E-state index contributed by atoms with van der Waals surface area (Å²) in [5.41, 5.74) is 20.2. The number of methoxy groups -OCH3 is 6. The summed E-state index contributed by atoms with van der Waals surface area (Å²) in [6.45, 7) is 21.6. The first kappa shape index (κ1) is 110. The summed E-state index contributed by atoms with van der Waals surface area (Å²) in [6.07, 6.45) is -0.00410. The average Bonchev–Trinajstić information content (AvgIpc) is 1.67. The lowest BCUT2D eigenvalue weighted by molar-refractivity contribution is 0.186. The van der Waals surface area contributed by atoms with Gasteiger partial charge in [-0.05, 0) is 264 Å². The summed E-state index contributed by atoms with van der Waals surface area (Å²) < 4.78 is 68.4. The van der Waals surface area contributed by atoms with Crippen molar-refractivity contribution in [2.45, 2.75) is 141 Å². The smallest absolute Gasteiger partial charge is 0.411 e. The van der Waals surface area contributed by atoms with Crippen molar-refractivity contribution < 1.29 is 95.5 Å². The molecule has 1 aliphatic rings. The quantitative estimate of drug-likeness (QED) is 0.0214.